The highest BCUT2D eigenvalue weighted by Crippen LogP contribution is 2.36. The SMILES string of the molecule is COc1ccc(CN2c3cccc[n+]3C[C@@]2(O)c2ccccc2)cc1. The van der Waals surface area contributed by atoms with Gasteiger partial charge in [-0.05, 0) is 23.8 Å². The molecule has 3 aromatic rings. The summed E-state index contributed by atoms with van der Waals surface area (Å²) in [5.74, 6) is 1.84. The number of aromatic nitrogens is 1. The average Bonchev–Trinajstić information content (AvgIpc) is 2.96. The second kappa shape index (κ2) is 6.22. The Hall–Kier alpha value is -2.85. The van der Waals surface area contributed by atoms with E-state index in [1.165, 1.54) is 0 Å². The third kappa shape index (κ3) is 2.75. The number of nitrogens with zero attached hydrogens (tertiary/aromatic N) is 2. The van der Waals surface area contributed by atoms with E-state index in [1.54, 1.807) is 7.11 Å². The molecule has 126 valence electrons. The molecule has 0 amide bonds. The van der Waals surface area contributed by atoms with E-state index in [0.29, 0.717) is 13.1 Å². The average molecular weight is 333 g/mol. The van der Waals surface area contributed by atoms with Gasteiger partial charge in [0.15, 0.2) is 6.54 Å². The van der Waals surface area contributed by atoms with Crippen molar-refractivity contribution in [3.05, 3.63) is 90.1 Å². The summed E-state index contributed by atoms with van der Waals surface area (Å²) in [5, 5.41) is 11.6. The number of fused-ring (bicyclic) bond motifs is 1. The zero-order chi connectivity index (χ0) is 17.3. The minimum atomic E-state index is -1.07. The third-order valence-corrected chi connectivity index (χ3v) is 4.77. The van der Waals surface area contributed by atoms with Crippen molar-refractivity contribution in [2.24, 2.45) is 0 Å². The normalized spacial score (nSPS) is 18.9. The van der Waals surface area contributed by atoms with Crippen LogP contribution in [0.2, 0.25) is 0 Å². The Bertz CT molecular complexity index is 865. The van der Waals surface area contributed by atoms with Gasteiger partial charge in [-0.15, -0.1) is 0 Å². The van der Waals surface area contributed by atoms with Gasteiger partial charge in [0.25, 0.3) is 11.5 Å². The molecule has 0 spiro atoms. The van der Waals surface area contributed by atoms with Crippen LogP contribution in [0.1, 0.15) is 11.1 Å². The molecule has 25 heavy (non-hydrogen) atoms. The molecule has 0 saturated carbocycles. The van der Waals surface area contributed by atoms with Crippen molar-refractivity contribution in [2.75, 3.05) is 12.0 Å². The van der Waals surface area contributed by atoms with Gasteiger partial charge in [0.2, 0.25) is 0 Å². The molecule has 1 aliphatic rings. The number of benzene rings is 2. The van der Waals surface area contributed by atoms with Gasteiger partial charge in [-0.3, -0.25) is 0 Å². The Labute approximate surface area is 147 Å². The fourth-order valence-corrected chi connectivity index (χ4v) is 3.44. The summed E-state index contributed by atoms with van der Waals surface area (Å²) in [6, 6.07) is 23.9. The van der Waals surface area contributed by atoms with Gasteiger partial charge in [-0.2, -0.15) is 0 Å². The Morgan fingerprint density at radius 1 is 1.00 bits per heavy atom. The van der Waals surface area contributed by atoms with Crippen LogP contribution < -0.4 is 14.2 Å². The Kier molecular flexibility index (Phi) is 3.90. The maximum atomic E-state index is 11.6. The molecule has 2 heterocycles. The van der Waals surface area contributed by atoms with Crippen LogP contribution in [0.15, 0.2) is 79.0 Å². The summed E-state index contributed by atoms with van der Waals surface area (Å²) in [6.45, 7) is 1.11. The summed E-state index contributed by atoms with van der Waals surface area (Å²) in [7, 11) is 1.66. The third-order valence-electron chi connectivity index (χ3n) is 4.77. The van der Waals surface area contributed by atoms with E-state index in [2.05, 4.69) is 9.47 Å². The molecule has 4 heteroatoms. The first-order chi connectivity index (χ1) is 12.2. The van der Waals surface area contributed by atoms with E-state index in [0.717, 1.165) is 22.7 Å². The molecule has 0 fully saturated rings. The van der Waals surface area contributed by atoms with Crippen LogP contribution in [0.3, 0.4) is 0 Å². The molecule has 4 rings (SSSR count). The highest BCUT2D eigenvalue weighted by atomic mass is 16.5. The highest BCUT2D eigenvalue weighted by molar-refractivity contribution is 5.44. The van der Waals surface area contributed by atoms with Gasteiger partial charge in [0, 0.05) is 11.6 Å². The van der Waals surface area contributed by atoms with Crippen LogP contribution in [0, 0.1) is 0 Å². The van der Waals surface area contributed by atoms with Crippen molar-refractivity contribution in [1.29, 1.82) is 0 Å². The first-order valence-corrected chi connectivity index (χ1v) is 8.38. The van der Waals surface area contributed by atoms with Crippen molar-refractivity contribution in [3.8, 4) is 5.75 Å². The summed E-state index contributed by atoms with van der Waals surface area (Å²) in [5.41, 5.74) is 0.940. The van der Waals surface area contributed by atoms with Gasteiger partial charge in [-0.1, -0.05) is 48.5 Å². The number of hydrogen-bond donors (Lipinski definition) is 1. The molecule has 1 aliphatic heterocycles. The molecule has 4 nitrogen and oxygen atoms in total. The summed E-state index contributed by atoms with van der Waals surface area (Å²) in [6.07, 6.45) is 2.01. The van der Waals surface area contributed by atoms with Crippen LogP contribution >= 0.6 is 0 Å². The predicted octanol–water partition coefficient (Wildman–Crippen LogP) is 2.85. The zero-order valence-corrected chi connectivity index (χ0v) is 14.2. The lowest BCUT2D eigenvalue weighted by Gasteiger charge is -2.27. The summed E-state index contributed by atoms with van der Waals surface area (Å²) < 4.78 is 7.33. The number of hydrogen-bond acceptors (Lipinski definition) is 3. The predicted molar refractivity (Wildman–Crippen MR) is 96.2 cm³/mol. The summed E-state index contributed by atoms with van der Waals surface area (Å²) >= 11 is 0. The highest BCUT2D eigenvalue weighted by Gasteiger charge is 2.51. The van der Waals surface area contributed by atoms with E-state index in [4.69, 9.17) is 4.74 Å². The molecule has 1 N–H and O–H groups in total. The van der Waals surface area contributed by atoms with Crippen LogP contribution in [-0.4, -0.2) is 12.2 Å². The molecule has 1 atom stereocenters. The number of rotatable bonds is 4. The molecule has 2 aromatic carbocycles. The van der Waals surface area contributed by atoms with E-state index in [9.17, 15) is 5.11 Å². The second-order valence-corrected chi connectivity index (χ2v) is 6.30. The maximum absolute atomic E-state index is 11.6. The standard InChI is InChI=1S/C21H21N2O2/c1-25-19-12-10-17(11-13-19)15-23-20-9-5-6-14-22(20)16-21(23,24)18-7-3-2-4-8-18/h2-14,24H,15-16H2,1H3/q+1/t21-/m1/s1. The molecule has 0 aliphatic carbocycles. The molecular formula is C21H21N2O2+. The van der Waals surface area contributed by atoms with Crippen molar-refractivity contribution >= 4 is 5.82 Å². The van der Waals surface area contributed by atoms with Crippen LogP contribution in [0.25, 0.3) is 0 Å². The van der Waals surface area contributed by atoms with Crippen molar-refractivity contribution in [1.82, 2.24) is 0 Å². The van der Waals surface area contributed by atoms with Crippen molar-refractivity contribution in [3.63, 3.8) is 0 Å². The molecule has 0 unspecified atom stereocenters. The monoisotopic (exact) mass is 333 g/mol. The lowest BCUT2D eigenvalue weighted by Crippen LogP contribution is -2.45. The number of ether oxygens (including phenoxy) is 1. The van der Waals surface area contributed by atoms with Gasteiger partial charge >= 0.3 is 0 Å². The van der Waals surface area contributed by atoms with Crippen LogP contribution in [-0.2, 0) is 18.8 Å². The first-order valence-electron chi connectivity index (χ1n) is 8.38. The Morgan fingerprint density at radius 3 is 2.44 bits per heavy atom. The molecule has 0 radical (unpaired) electrons. The van der Waals surface area contributed by atoms with E-state index in [1.807, 2.05) is 79.0 Å². The lowest BCUT2D eigenvalue weighted by molar-refractivity contribution is -0.683. The minimum absolute atomic E-state index is 0.503. The molecular weight excluding hydrogens is 312 g/mol. The van der Waals surface area contributed by atoms with Gasteiger partial charge < -0.3 is 9.84 Å². The first kappa shape index (κ1) is 15.7. The van der Waals surface area contributed by atoms with E-state index >= 15 is 0 Å². The quantitative estimate of drug-likeness (QED) is 0.746. The van der Waals surface area contributed by atoms with Gasteiger partial charge in [0.1, 0.15) is 12.3 Å². The lowest BCUT2D eigenvalue weighted by atomic mass is 10.0. The molecule has 0 saturated heterocycles. The van der Waals surface area contributed by atoms with E-state index < -0.39 is 5.72 Å². The fraction of sp³-hybridized carbons (Fsp3) is 0.190. The van der Waals surface area contributed by atoms with E-state index in [-0.39, 0.29) is 0 Å². The Morgan fingerprint density at radius 2 is 1.72 bits per heavy atom. The fourth-order valence-electron chi connectivity index (χ4n) is 3.44. The van der Waals surface area contributed by atoms with Crippen LogP contribution in [0.4, 0.5) is 5.82 Å². The smallest absolute Gasteiger partial charge is 0.279 e. The second-order valence-electron chi connectivity index (χ2n) is 6.30. The zero-order valence-electron chi connectivity index (χ0n) is 14.2. The van der Waals surface area contributed by atoms with Crippen molar-refractivity contribution < 1.29 is 14.4 Å². The van der Waals surface area contributed by atoms with Gasteiger partial charge in [-0.25, -0.2) is 9.47 Å². The van der Waals surface area contributed by atoms with Crippen LogP contribution in [0.5, 0.6) is 5.75 Å². The minimum Gasteiger partial charge on any atom is -0.497 e. The van der Waals surface area contributed by atoms with Gasteiger partial charge in [0.05, 0.1) is 13.3 Å². The maximum Gasteiger partial charge on any atom is 0.279 e. The number of anilines is 1. The molecule has 0 bridgehead atoms. The number of aliphatic hydroxyl groups is 1. The molecule has 1 aromatic heterocycles. The summed E-state index contributed by atoms with van der Waals surface area (Å²) in [4.78, 5) is 2.06. The topological polar surface area (TPSA) is 36.6 Å². The van der Waals surface area contributed by atoms with Crippen molar-refractivity contribution in [2.45, 2.75) is 18.8 Å². The number of pyridine rings is 1. The Balaban J connectivity index is 1.74. The number of methoxy groups -OCH3 is 1. The largest absolute Gasteiger partial charge is 0.497 e.